The smallest absolute Gasteiger partial charge is 0.416 e. The monoisotopic (exact) mass is 1510 g/mol. The fraction of sp³-hybridized carbons (Fsp3) is 0.618. The van der Waals surface area contributed by atoms with Gasteiger partial charge in [0.05, 0.1) is 161 Å². The van der Waals surface area contributed by atoms with E-state index in [2.05, 4.69) is 10.6 Å². The van der Waals surface area contributed by atoms with Crippen LogP contribution in [0.25, 0.3) is 0 Å². The minimum Gasteiger partial charge on any atom is -0.493 e. The number of aliphatic hydroxyl groups excluding tert-OH is 2. The third kappa shape index (κ3) is 25.2. The number of rotatable bonds is 50. The van der Waals surface area contributed by atoms with E-state index in [-0.39, 0.29) is 112 Å². The van der Waals surface area contributed by atoms with E-state index in [9.17, 15) is 58.4 Å². The topological polar surface area (TPSA) is 365 Å². The highest BCUT2D eigenvalue weighted by molar-refractivity contribution is 6.54. The summed E-state index contributed by atoms with van der Waals surface area (Å²) in [5, 5.41) is 39.5. The van der Waals surface area contributed by atoms with Gasteiger partial charge in [-0.1, -0.05) is 38.1 Å². The first kappa shape index (κ1) is 85.5. The van der Waals surface area contributed by atoms with E-state index in [4.69, 9.17) is 56.8 Å². The molecule has 3 aromatic carbocycles. The van der Waals surface area contributed by atoms with Crippen LogP contribution in [0.4, 0.5) is 16.2 Å². The highest BCUT2D eigenvalue weighted by Gasteiger charge is 2.47. The van der Waals surface area contributed by atoms with Crippen molar-refractivity contribution in [3.05, 3.63) is 88.5 Å². The Labute approximate surface area is 631 Å². The summed E-state index contributed by atoms with van der Waals surface area (Å²) < 4.78 is 68.1. The van der Waals surface area contributed by atoms with Crippen molar-refractivity contribution in [2.24, 2.45) is 11.8 Å². The molecule has 5 heterocycles. The molecule has 31 nitrogen and oxygen atoms in total. The fourth-order valence-corrected chi connectivity index (χ4v) is 13.2. The molecule has 5 N–H and O–H groups in total. The number of aliphatic hydroxyl groups is 2. The van der Waals surface area contributed by atoms with E-state index >= 15 is 0 Å². The van der Waals surface area contributed by atoms with Gasteiger partial charge in [-0.25, -0.2) is 9.69 Å². The number of unbranched alkanes of at least 4 members (excludes halogenated alkanes) is 2. The van der Waals surface area contributed by atoms with Crippen LogP contribution in [0.2, 0.25) is 6.82 Å². The summed E-state index contributed by atoms with van der Waals surface area (Å²) >= 11 is 0. The number of ketones is 2. The lowest BCUT2D eigenvalue weighted by Gasteiger charge is -2.34. The van der Waals surface area contributed by atoms with Crippen LogP contribution in [-0.2, 0) is 84.4 Å². The van der Waals surface area contributed by atoms with Crippen molar-refractivity contribution >= 4 is 71.5 Å². The Balaban J connectivity index is 0.647. The standard InChI is InChI=1S/C76H108BN7O24/c1-51(2)57(46-56(85)21-28-98-30-32-100-34-36-102-38-40-104-42-43-105-41-39-103-37-35-101-33-31-99-29-22-78-68(87)20-25-82-69(88)18-19-70(82)89)71(90)79-53(4)64(86)45-54-14-16-55(17-15-54)50-108-76(95)83-62-48-65(52(3)44-58(62)72(91)80-23-10-12-60(80)74(83)93)106-26-8-7-9-27-107-67-49-63-59(47-66(67)97-6)73(92)81-24-11-13-61(81)75(94)84(63)77(5)96/h14-19,44,47-49,51,53,57,60-61,74-75,93-94,96H,7-13,20-43,45-46,50H2,1-6H3,(H,78,87)(H,79,90)/t53-,57-,60-,61-,74-,75-/m0/s1. The summed E-state index contributed by atoms with van der Waals surface area (Å²) in [7, 11) is 0.393. The number of fused-ring (bicyclic) bond motifs is 4. The minimum atomic E-state index is -1.43. The number of imide groups is 1. The van der Waals surface area contributed by atoms with Gasteiger partial charge in [-0.05, 0) is 100 Å². The number of anilines is 2. The van der Waals surface area contributed by atoms with Gasteiger partial charge in [0.25, 0.3) is 23.6 Å². The quantitative estimate of drug-likeness (QED) is 0.0298. The molecule has 0 bridgehead atoms. The summed E-state index contributed by atoms with van der Waals surface area (Å²) in [6.07, 6.45) is 3.44. The number of nitrogens with zero attached hydrogens (tertiary/aromatic N) is 5. The van der Waals surface area contributed by atoms with E-state index in [0.29, 0.717) is 196 Å². The summed E-state index contributed by atoms with van der Waals surface area (Å²) in [6.45, 7) is 15.9. The number of Topliss-reactive ketones (excluding diaryl/α,β-unsaturated/α-hetero) is 2. The number of aryl methyl sites for hydroxylation is 1. The first-order chi connectivity index (χ1) is 52.2. The number of carbonyl (C=O) groups excluding carboxylic acids is 9. The Morgan fingerprint density at radius 3 is 1.63 bits per heavy atom. The van der Waals surface area contributed by atoms with Gasteiger partial charge in [-0.3, -0.25) is 43.3 Å². The van der Waals surface area contributed by atoms with Crippen molar-refractivity contribution in [3.8, 4) is 17.2 Å². The second kappa shape index (κ2) is 44.5. The van der Waals surface area contributed by atoms with E-state index < -0.39 is 67.4 Å². The molecule has 32 heteroatoms. The van der Waals surface area contributed by atoms with Crippen LogP contribution in [0.1, 0.15) is 122 Å². The molecule has 3 aromatic rings. The van der Waals surface area contributed by atoms with E-state index in [1.807, 2.05) is 20.8 Å². The predicted molar refractivity (Wildman–Crippen MR) is 393 cm³/mol. The zero-order chi connectivity index (χ0) is 77.5. The average Bonchev–Trinajstić information content (AvgIpc) is 1.60. The van der Waals surface area contributed by atoms with Crippen molar-refractivity contribution in [2.45, 2.75) is 142 Å². The molecule has 0 aliphatic carbocycles. The van der Waals surface area contributed by atoms with Gasteiger partial charge in [0.2, 0.25) is 11.8 Å². The molecule has 594 valence electrons. The van der Waals surface area contributed by atoms with Crippen LogP contribution < -0.4 is 34.6 Å². The van der Waals surface area contributed by atoms with Gasteiger partial charge in [0.15, 0.2) is 23.5 Å². The number of ether oxygens (including phenoxy) is 12. The molecule has 6 atom stereocenters. The second-order valence-corrected chi connectivity index (χ2v) is 27.3. The lowest BCUT2D eigenvalue weighted by atomic mass is 9.82. The van der Waals surface area contributed by atoms with Crippen LogP contribution >= 0.6 is 0 Å². The zero-order valence-electron chi connectivity index (χ0n) is 63.1. The third-order valence-electron chi connectivity index (χ3n) is 19.2. The first-order valence-electron chi connectivity index (χ1n) is 37.5. The second-order valence-electron chi connectivity index (χ2n) is 27.3. The maximum atomic E-state index is 14.2. The molecule has 8 rings (SSSR count). The molecule has 0 radical (unpaired) electrons. The van der Waals surface area contributed by atoms with Gasteiger partial charge in [0.1, 0.15) is 24.4 Å². The van der Waals surface area contributed by atoms with E-state index in [0.717, 1.165) is 16.2 Å². The summed E-state index contributed by atoms with van der Waals surface area (Å²) in [6, 6.07) is 11.4. The number of carbonyl (C=O) groups is 9. The molecule has 0 unspecified atom stereocenters. The Morgan fingerprint density at radius 1 is 0.593 bits per heavy atom. The Bertz CT molecular complexity index is 3470. The lowest BCUT2D eigenvalue weighted by Crippen LogP contribution is -2.53. The summed E-state index contributed by atoms with van der Waals surface area (Å²) in [5.41, 5.74) is 2.94. The molecule has 0 spiro atoms. The van der Waals surface area contributed by atoms with Crippen molar-refractivity contribution in [1.29, 1.82) is 0 Å². The Hall–Kier alpha value is -8.15. The Morgan fingerprint density at radius 2 is 1.09 bits per heavy atom. The number of benzene rings is 3. The van der Waals surface area contributed by atoms with Crippen LogP contribution in [0.15, 0.2) is 60.7 Å². The van der Waals surface area contributed by atoms with Crippen molar-refractivity contribution in [1.82, 2.24) is 25.3 Å². The molecule has 2 fully saturated rings. The largest absolute Gasteiger partial charge is 0.493 e. The third-order valence-corrected chi connectivity index (χ3v) is 19.2. The first-order valence-corrected chi connectivity index (χ1v) is 37.5. The predicted octanol–water partition coefficient (Wildman–Crippen LogP) is 4.37. The van der Waals surface area contributed by atoms with Crippen molar-refractivity contribution < 1.29 is 115 Å². The van der Waals surface area contributed by atoms with Gasteiger partial charge >= 0.3 is 13.1 Å². The number of nitrogens with one attached hydrogen (secondary N) is 2. The molecule has 5 aliphatic heterocycles. The molecule has 0 saturated carbocycles. The normalized spacial score (nSPS) is 18.0. The lowest BCUT2D eigenvalue weighted by molar-refractivity contribution is -0.137. The molecule has 5 aliphatic rings. The highest BCUT2D eigenvalue weighted by Crippen LogP contribution is 2.42. The van der Waals surface area contributed by atoms with Crippen LogP contribution in [0.5, 0.6) is 17.2 Å². The number of hydrogen-bond acceptors (Lipinski definition) is 25. The van der Waals surface area contributed by atoms with Gasteiger partial charge in [-0.2, -0.15) is 0 Å². The van der Waals surface area contributed by atoms with Crippen LogP contribution in [0.3, 0.4) is 0 Å². The number of amides is 7. The van der Waals surface area contributed by atoms with Crippen LogP contribution in [0, 0.1) is 18.8 Å². The van der Waals surface area contributed by atoms with Crippen LogP contribution in [-0.4, -0.2) is 273 Å². The van der Waals surface area contributed by atoms with Gasteiger partial charge in [-0.15, -0.1) is 0 Å². The summed E-state index contributed by atoms with van der Waals surface area (Å²) in [5.74, 6) is -2.19. The molecule has 108 heavy (non-hydrogen) atoms. The van der Waals surface area contributed by atoms with E-state index in [1.165, 1.54) is 24.1 Å². The highest BCUT2D eigenvalue weighted by atomic mass is 16.6. The van der Waals surface area contributed by atoms with E-state index in [1.54, 1.807) is 72.1 Å². The Kier molecular flexibility index (Phi) is 35.2. The SMILES string of the molecule is COc1cc2c(cc1OCCCCCOc1cc3c(cc1C)C(=O)N1CCC[C@H]1[C@H](O)N3C(=O)OCc1ccc(CC(=O)[C@H](C)NC(=O)[C@@H](CC(=O)CCOCCOCCOCCOCCOCCOCCOCCOCCNC(=O)CCN3C(=O)C=CC3=O)C(C)C)cc1)N(B(C)O)[C@@H](O)[C@@H]1CCCN1C2=O. The van der Waals surface area contributed by atoms with Gasteiger partial charge in [0, 0.05) is 87.8 Å². The maximum absolute atomic E-state index is 14.2. The number of hydrogen-bond donors (Lipinski definition) is 5. The molecular weight excluding hydrogens is 1410 g/mol. The summed E-state index contributed by atoms with van der Waals surface area (Å²) in [4.78, 5) is 124. The minimum absolute atomic E-state index is 0.00528. The van der Waals surface area contributed by atoms with Crippen molar-refractivity contribution in [2.75, 3.05) is 162 Å². The molecule has 7 amide bonds. The number of methoxy groups -OCH3 is 1. The van der Waals surface area contributed by atoms with Crippen molar-refractivity contribution in [3.63, 3.8) is 0 Å². The molecule has 2 saturated heterocycles. The fourth-order valence-electron chi connectivity index (χ4n) is 13.2. The van der Waals surface area contributed by atoms with Gasteiger partial charge < -0.3 is 97.3 Å². The zero-order valence-corrected chi connectivity index (χ0v) is 63.1. The average molecular weight is 1510 g/mol. The molecule has 0 aromatic heterocycles. The molecular formula is C76H108BN7O24. The maximum Gasteiger partial charge on any atom is 0.416 e.